The van der Waals surface area contributed by atoms with Gasteiger partial charge in [-0.1, -0.05) is 15.9 Å². The van der Waals surface area contributed by atoms with E-state index in [1.165, 1.54) is 0 Å². The average molecular weight is 405 g/mol. The Morgan fingerprint density at radius 2 is 1.95 bits per heavy atom. The van der Waals surface area contributed by atoms with Gasteiger partial charge in [0.1, 0.15) is 10.6 Å². The van der Waals surface area contributed by atoms with E-state index in [9.17, 15) is 30.4 Å². The molecule has 1 aromatic rings. The molecule has 0 unspecified atom stereocenters. The highest BCUT2D eigenvalue weighted by atomic mass is 79.9. The summed E-state index contributed by atoms with van der Waals surface area (Å²) in [5, 5.41) is -0.512. The monoisotopic (exact) mass is 403 g/mol. The van der Waals surface area contributed by atoms with Crippen LogP contribution in [0, 0.1) is 0 Å². The van der Waals surface area contributed by atoms with E-state index in [1.807, 2.05) is 0 Å². The van der Waals surface area contributed by atoms with Crippen LogP contribution in [0.25, 0.3) is 0 Å². The van der Waals surface area contributed by atoms with E-state index in [2.05, 4.69) is 25.7 Å². The first-order valence-electron chi connectivity index (χ1n) is 4.53. The van der Waals surface area contributed by atoms with E-state index in [-0.39, 0.29) is 0 Å². The van der Waals surface area contributed by atoms with Crippen molar-refractivity contribution in [2.45, 2.75) is 23.0 Å². The highest BCUT2D eigenvalue weighted by Gasteiger charge is 2.37. The Labute approximate surface area is 122 Å². The molecule has 0 aliphatic rings. The zero-order valence-electron chi connectivity index (χ0n) is 9.09. The van der Waals surface area contributed by atoms with Gasteiger partial charge in [0.15, 0.2) is 5.75 Å². The summed E-state index contributed by atoms with van der Waals surface area (Å²) in [6.07, 6.45) is -8.24. The molecular weight excluding hydrogens is 401 g/mol. The molecule has 114 valence electrons. The minimum absolute atomic E-state index is 0.448. The average Bonchev–Trinajstić information content (AvgIpc) is 2.24. The molecule has 0 bridgehead atoms. The summed E-state index contributed by atoms with van der Waals surface area (Å²) in [5.41, 5.74) is -2.02. The molecule has 0 amide bonds. The maximum Gasteiger partial charge on any atom is 0.573 e. The van der Waals surface area contributed by atoms with Crippen molar-refractivity contribution < 1.29 is 35.1 Å². The van der Waals surface area contributed by atoms with Gasteiger partial charge in [-0.05, 0) is 0 Å². The van der Waals surface area contributed by atoms with Gasteiger partial charge in [0.05, 0.1) is 0 Å². The lowest BCUT2D eigenvalue weighted by molar-refractivity contribution is -0.275. The summed E-state index contributed by atoms with van der Waals surface area (Å²) >= 11 is 2.70. The van der Waals surface area contributed by atoms with E-state index >= 15 is 0 Å². The van der Waals surface area contributed by atoms with Crippen LogP contribution >= 0.6 is 26.6 Å². The van der Waals surface area contributed by atoms with Crippen molar-refractivity contribution in [3.63, 3.8) is 0 Å². The fraction of sp³-hybridized carbons (Fsp3) is 0.375. The number of hydrogen-bond donors (Lipinski definition) is 0. The fourth-order valence-corrected chi connectivity index (χ4v) is 3.03. The minimum Gasteiger partial charge on any atom is -0.403 e. The highest BCUT2D eigenvalue weighted by Crippen LogP contribution is 2.39. The van der Waals surface area contributed by atoms with Crippen molar-refractivity contribution in [1.82, 2.24) is 4.98 Å². The van der Waals surface area contributed by atoms with E-state index in [1.54, 1.807) is 0 Å². The molecule has 20 heavy (non-hydrogen) atoms. The van der Waals surface area contributed by atoms with E-state index in [4.69, 9.17) is 10.7 Å². The smallest absolute Gasteiger partial charge is 0.403 e. The summed E-state index contributed by atoms with van der Waals surface area (Å²) in [7, 11) is 0.526. The van der Waals surface area contributed by atoms with Crippen LogP contribution in [0.2, 0.25) is 0 Å². The first-order chi connectivity index (χ1) is 8.97. The Morgan fingerprint density at radius 1 is 1.40 bits per heavy atom. The predicted molar refractivity (Wildman–Crippen MR) is 61.5 cm³/mol. The summed E-state index contributed by atoms with van der Waals surface area (Å²) in [5.74, 6) is -1.38. The number of pyridine rings is 1. The molecular formula is C8H4BrClF5NO3S. The van der Waals surface area contributed by atoms with Crippen molar-refractivity contribution in [1.29, 1.82) is 0 Å². The molecule has 0 aliphatic carbocycles. The number of alkyl halides is 6. The van der Waals surface area contributed by atoms with Crippen LogP contribution in [-0.2, 0) is 14.4 Å². The largest absolute Gasteiger partial charge is 0.573 e. The Hall–Kier alpha value is -0.680. The van der Waals surface area contributed by atoms with E-state index < -0.39 is 49.1 Å². The van der Waals surface area contributed by atoms with Crippen LogP contribution in [0.3, 0.4) is 0 Å². The lowest BCUT2D eigenvalue weighted by Crippen LogP contribution is -2.20. The third kappa shape index (κ3) is 4.16. The molecule has 1 heterocycles. The number of aromatic nitrogens is 1. The van der Waals surface area contributed by atoms with Gasteiger partial charge >= 0.3 is 6.36 Å². The van der Waals surface area contributed by atoms with Crippen molar-refractivity contribution in [3.05, 3.63) is 17.5 Å². The van der Waals surface area contributed by atoms with Gasteiger partial charge < -0.3 is 4.74 Å². The molecule has 12 heteroatoms. The summed E-state index contributed by atoms with van der Waals surface area (Å²) in [6.45, 7) is 0. The van der Waals surface area contributed by atoms with Crippen molar-refractivity contribution in [2.24, 2.45) is 0 Å². The predicted octanol–water partition coefficient (Wildman–Crippen LogP) is 3.74. The molecule has 0 saturated carbocycles. The molecule has 0 spiro atoms. The van der Waals surface area contributed by atoms with Gasteiger partial charge in [-0.2, -0.15) is 0 Å². The number of halogens is 7. The van der Waals surface area contributed by atoms with Gasteiger partial charge in [0.2, 0.25) is 0 Å². The van der Waals surface area contributed by atoms with Gasteiger partial charge in [-0.3, -0.25) is 0 Å². The third-order valence-corrected chi connectivity index (χ3v) is 3.88. The maximum absolute atomic E-state index is 12.6. The Bertz CT molecular complexity index is 607. The lowest BCUT2D eigenvalue weighted by atomic mass is 10.2. The number of nitrogens with zero attached hydrogens (tertiary/aromatic N) is 1. The lowest BCUT2D eigenvalue weighted by Gasteiger charge is -2.16. The van der Waals surface area contributed by atoms with Crippen molar-refractivity contribution in [3.8, 4) is 5.75 Å². The van der Waals surface area contributed by atoms with E-state index in [0.29, 0.717) is 6.20 Å². The van der Waals surface area contributed by atoms with Crippen LogP contribution in [0.5, 0.6) is 5.75 Å². The molecule has 1 rings (SSSR count). The molecule has 1 aromatic heterocycles. The molecule has 4 nitrogen and oxygen atoms in total. The normalized spacial score (nSPS) is 12.8. The first kappa shape index (κ1) is 17.4. The Balaban J connectivity index is 3.63. The number of rotatable bonds is 4. The molecule has 0 fully saturated rings. The van der Waals surface area contributed by atoms with Crippen molar-refractivity contribution in [2.75, 3.05) is 0 Å². The van der Waals surface area contributed by atoms with E-state index in [0.717, 1.165) is 0 Å². The van der Waals surface area contributed by atoms with Crippen LogP contribution in [0.1, 0.15) is 17.7 Å². The highest BCUT2D eigenvalue weighted by molar-refractivity contribution is 9.08. The second-order valence-corrected chi connectivity index (χ2v) is 6.33. The number of hydrogen-bond acceptors (Lipinski definition) is 4. The van der Waals surface area contributed by atoms with Gasteiger partial charge in [0, 0.05) is 27.8 Å². The second-order valence-electron chi connectivity index (χ2n) is 3.24. The molecule has 0 aromatic carbocycles. The molecule has 0 saturated heterocycles. The summed E-state index contributed by atoms with van der Waals surface area (Å²) < 4.78 is 87.8. The van der Waals surface area contributed by atoms with Crippen LogP contribution in [-0.4, -0.2) is 19.8 Å². The topological polar surface area (TPSA) is 56.3 Å². The van der Waals surface area contributed by atoms with Gasteiger partial charge in [0.25, 0.3) is 15.5 Å². The zero-order chi connectivity index (χ0) is 15.7. The van der Waals surface area contributed by atoms with Gasteiger partial charge in [-0.25, -0.2) is 22.2 Å². The fourth-order valence-electron chi connectivity index (χ4n) is 1.25. The molecule has 0 aliphatic heterocycles. The Morgan fingerprint density at radius 3 is 2.30 bits per heavy atom. The second kappa shape index (κ2) is 5.98. The zero-order valence-corrected chi connectivity index (χ0v) is 12.2. The maximum atomic E-state index is 12.6. The molecule has 0 radical (unpaired) electrons. The summed E-state index contributed by atoms with van der Waals surface area (Å²) in [6, 6.07) is 0. The molecule has 0 atom stereocenters. The third-order valence-electron chi connectivity index (χ3n) is 1.95. The van der Waals surface area contributed by atoms with Gasteiger partial charge in [-0.15, -0.1) is 13.2 Å². The quantitative estimate of drug-likeness (QED) is 0.436. The standard InChI is InChI=1S/C8H4BrClF5NO3S/c9-1-3-4(20(10,17)18)2-16-5(7(11)12)6(3)19-8(13,14)15/h2,7H,1H2. The van der Waals surface area contributed by atoms with Crippen LogP contribution in [0.4, 0.5) is 22.0 Å². The Kier molecular flexibility index (Phi) is 5.19. The minimum atomic E-state index is -5.29. The SMILES string of the molecule is O=S(=O)(Cl)c1cnc(C(F)F)c(OC(F)(F)F)c1CBr. The first-order valence-corrected chi connectivity index (χ1v) is 7.96. The van der Waals surface area contributed by atoms with Crippen LogP contribution in [0.15, 0.2) is 11.1 Å². The number of ether oxygens (including phenoxy) is 1. The summed E-state index contributed by atoms with van der Waals surface area (Å²) in [4.78, 5) is 2.13. The van der Waals surface area contributed by atoms with Crippen LogP contribution < -0.4 is 4.74 Å². The molecule has 0 N–H and O–H groups in total. The van der Waals surface area contributed by atoms with Crippen molar-refractivity contribution >= 4 is 35.7 Å².